The molecule has 1 aromatic rings. The number of benzene rings is 1. The topological polar surface area (TPSA) is 26.3 Å². The Balaban J connectivity index is 2.04. The van der Waals surface area contributed by atoms with Crippen LogP contribution in [-0.4, -0.2) is 12.6 Å². The van der Waals surface area contributed by atoms with E-state index in [4.69, 9.17) is 4.74 Å². The summed E-state index contributed by atoms with van der Waals surface area (Å²) >= 11 is 0. The van der Waals surface area contributed by atoms with Gasteiger partial charge in [-0.05, 0) is 24.0 Å². The van der Waals surface area contributed by atoms with Gasteiger partial charge in [0.05, 0.1) is 12.2 Å². The first-order valence-corrected chi connectivity index (χ1v) is 5.78. The number of carbonyl (C=O) groups is 1. The Morgan fingerprint density at radius 1 is 1.38 bits per heavy atom. The highest BCUT2D eigenvalue weighted by Crippen LogP contribution is 2.27. The van der Waals surface area contributed by atoms with E-state index in [-0.39, 0.29) is 5.97 Å². The normalized spacial score (nSPS) is 13.2. The maximum absolute atomic E-state index is 11.8. The number of hydrogen-bond donors (Lipinski definition) is 0. The molecule has 0 radical (unpaired) electrons. The lowest BCUT2D eigenvalue weighted by Crippen LogP contribution is -2.07. The number of carbonyl (C=O) groups excluding carboxylic acids is 1. The number of unbranched alkanes of at least 4 members (excludes halogenated alkanes) is 1. The number of ether oxygens (including phenoxy) is 1. The van der Waals surface area contributed by atoms with E-state index in [0.29, 0.717) is 6.61 Å². The van der Waals surface area contributed by atoms with Crippen LogP contribution >= 0.6 is 0 Å². The van der Waals surface area contributed by atoms with E-state index in [9.17, 15) is 4.79 Å². The summed E-state index contributed by atoms with van der Waals surface area (Å²) in [6, 6.07) is 7.99. The van der Waals surface area contributed by atoms with E-state index < -0.39 is 0 Å². The van der Waals surface area contributed by atoms with Gasteiger partial charge < -0.3 is 4.74 Å². The van der Waals surface area contributed by atoms with Crippen molar-refractivity contribution in [2.45, 2.75) is 26.2 Å². The predicted octanol–water partition coefficient (Wildman–Crippen LogP) is 2.97. The molecule has 0 aliphatic heterocycles. The zero-order valence-electron chi connectivity index (χ0n) is 9.53. The molecule has 0 atom stereocenters. The molecule has 0 saturated heterocycles. The number of hydrogen-bond acceptors (Lipinski definition) is 2. The molecule has 2 heteroatoms. The lowest BCUT2D eigenvalue weighted by molar-refractivity contribution is -0.136. The quantitative estimate of drug-likeness (QED) is 0.571. The van der Waals surface area contributed by atoms with Gasteiger partial charge in [0.2, 0.25) is 0 Å². The van der Waals surface area contributed by atoms with E-state index in [0.717, 1.165) is 30.4 Å². The van der Waals surface area contributed by atoms with Crippen LogP contribution in [0.2, 0.25) is 0 Å². The maximum Gasteiger partial charge on any atom is 0.338 e. The molecule has 2 rings (SSSR count). The van der Waals surface area contributed by atoms with Crippen LogP contribution in [0.15, 0.2) is 30.3 Å². The lowest BCUT2D eigenvalue weighted by Gasteiger charge is -2.06. The monoisotopic (exact) mass is 216 g/mol. The van der Waals surface area contributed by atoms with Crippen molar-refractivity contribution in [2.24, 2.45) is 0 Å². The fraction of sp³-hybridized carbons (Fsp3) is 0.357. The smallest absolute Gasteiger partial charge is 0.338 e. The first-order valence-electron chi connectivity index (χ1n) is 5.78. The predicted molar refractivity (Wildman–Crippen MR) is 64.0 cm³/mol. The summed E-state index contributed by atoms with van der Waals surface area (Å²) in [5.41, 5.74) is 2.97. The second-order valence-electron chi connectivity index (χ2n) is 3.97. The highest BCUT2D eigenvalue weighted by molar-refractivity contribution is 6.18. The summed E-state index contributed by atoms with van der Waals surface area (Å²) in [5.74, 6) is -0.182. The van der Waals surface area contributed by atoms with Crippen LogP contribution in [0.5, 0.6) is 0 Å². The summed E-state index contributed by atoms with van der Waals surface area (Å²) in [5, 5.41) is 0. The summed E-state index contributed by atoms with van der Waals surface area (Å²) in [6.07, 6.45) is 4.77. The van der Waals surface area contributed by atoms with E-state index in [1.54, 1.807) is 0 Å². The minimum Gasteiger partial charge on any atom is -0.462 e. The van der Waals surface area contributed by atoms with Crippen molar-refractivity contribution >= 4 is 11.5 Å². The van der Waals surface area contributed by atoms with Gasteiger partial charge >= 0.3 is 5.97 Å². The summed E-state index contributed by atoms with van der Waals surface area (Å²) < 4.78 is 5.22. The number of rotatable bonds is 4. The van der Waals surface area contributed by atoms with Crippen molar-refractivity contribution in [1.29, 1.82) is 0 Å². The fourth-order valence-electron chi connectivity index (χ4n) is 1.86. The number of allylic oxidation sites excluding steroid dienone is 1. The van der Waals surface area contributed by atoms with Crippen LogP contribution in [0, 0.1) is 0 Å². The molecule has 2 nitrogen and oxygen atoms in total. The second kappa shape index (κ2) is 4.97. The Labute approximate surface area is 95.9 Å². The first-order chi connectivity index (χ1) is 7.83. The number of esters is 1. The van der Waals surface area contributed by atoms with E-state index in [2.05, 4.69) is 13.0 Å². The molecule has 0 saturated carbocycles. The molecule has 0 aromatic heterocycles. The third-order valence-corrected chi connectivity index (χ3v) is 2.78. The van der Waals surface area contributed by atoms with Crippen LogP contribution in [0.25, 0.3) is 5.57 Å². The molecule has 0 bridgehead atoms. The molecular formula is C14H16O2. The molecule has 0 heterocycles. The molecule has 16 heavy (non-hydrogen) atoms. The van der Waals surface area contributed by atoms with Gasteiger partial charge in [0.15, 0.2) is 0 Å². The maximum atomic E-state index is 11.8. The van der Waals surface area contributed by atoms with Crippen molar-refractivity contribution in [2.75, 3.05) is 6.61 Å². The van der Waals surface area contributed by atoms with Crippen molar-refractivity contribution in [3.8, 4) is 0 Å². The Kier molecular flexibility index (Phi) is 3.40. The summed E-state index contributed by atoms with van der Waals surface area (Å²) in [6.45, 7) is 2.60. The molecule has 0 amide bonds. The van der Waals surface area contributed by atoms with Gasteiger partial charge in [0, 0.05) is 0 Å². The van der Waals surface area contributed by atoms with Crippen molar-refractivity contribution in [3.63, 3.8) is 0 Å². The van der Waals surface area contributed by atoms with Gasteiger partial charge in [-0.25, -0.2) is 4.79 Å². The van der Waals surface area contributed by atoms with Gasteiger partial charge in [-0.2, -0.15) is 0 Å². The average Bonchev–Trinajstić information content (AvgIpc) is 2.73. The second-order valence-corrected chi connectivity index (χ2v) is 3.97. The van der Waals surface area contributed by atoms with E-state index in [1.807, 2.05) is 24.3 Å². The largest absolute Gasteiger partial charge is 0.462 e. The minimum atomic E-state index is -0.182. The van der Waals surface area contributed by atoms with Gasteiger partial charge in [-0.15, -0.1) is 0 Å². The van der Waals surface area contributed by atoms with Crippen LogP contribution < -0.4 is 0 Å². The van der Waals surface area contributed by atoms with E-state index in [1.165, 1.54) is 5.56 Å². The summed E-state index contributed by atoms with van der Waals surface area (Å²) in [4.78, 5) is 11.8. The van der Waals surface area contributed by atoms with E-state index >= 15 is 0 Å². The molecule has 0 unspecified atom stereocenters. The molecule has 1 aromatic carbocycles. The van der Waals surface area contributed by atoms with Gasteiger partial charge in [-0.3, -0.25) is 0 Å². The Morgan fingerprint density at radius 2 is 2.19 bits per heavy atom. The zero-order chi connectivity index (χ0) is 11.4. The SMILES string of the molecule is CCCCOC(=O)C1=CCc2ccccc21. The number of fused-ring (bicyclic) bond motifs is 1. The molecule has 0 spiro atoms. The van der Waals surface area contributed by atoms with Gasteiger partial charge in [0.1, 0.15) is 0 Å². The van der Waals surface area contributed by atoms with Crippen molar-refractivity contribution in [1.82, 2.24) is 0 Å². The third-order valence-electron chi connectivity index (χ3n) is 2.78. The fourth-order valence-corrected chi connectivity index (χ4v) is 1.86. The standard InChI is InChI=1S/C14H16O2/c1-2-3-10-16-14(15)13-9-8-11-6-4-5-7-12(11)13/h4-7,9H,2-3,8,10H2,1H3. The van der Waals surface area contributed by atoms with Crippen molar-refractivity contribution in [3.05, 3.63) is 41.5 Å². The molecule has 1 aliphatic carbocycles. The molecule has 0 fully saturated rings. The molecule has 0 N–H and O–H groups in total. The highest BCUT2D eigenvalue weighted by Gasteiger charge is 2.20. The first kappa shape index (κ1) is 10.9. The van der Waals surface area contributed by atoms with Crippen LogP contribution in [0.4, 0.5) is 0 Å². The molecule has 84 valence electrons. The average molecular weight is 216 g/mol. The third kappa shape index (κ3) is 2.16. The minimum absolute atomic E-state index is 0.182. The summed E-state index contributed by atoms with van der Waals surface area (Å²) in [7, 11) is 0. The van der Waals surface area contributed by atoms with Crippen LogP contribution in [0.1, 0.15) is 30.9 Å². The zero-order valence-corrected chi connectivity index (χ0v) is 9.53. The Hall–Kier alpha value is -1.57. The Bertz CT molecular complexity index is 418. The Morgan fingerprint density at radius 3 is 3.00 bits per heavy atom. The van der Waals surface area contributed by atoms with Crippen LogP contribution in [-0.2, 0) is 16.0 Å². The van der Waals surface area contributed by atoms with Gasteiger partial charge in [-0.1, -0.05) is 43.7 Å². The molecular weight excluding hydrogens is 200 g/mol. The van der Waals surface area contributed by atoms with Crippen LogP contribution in [0.3, 0.4) is 0 Å². The lowest BCUT2D eigenvalue weighted by atomic mass is 10.1. The van der Waals surface area contributed by atoms with Crippen molar-refractivity contribution < 1.29 is 9.53 Å². The van der Waals surface area contributed by atoms with Gasteiger partial charge in [0.25, 0.3) is 0 Å². The molecule has 1 aliphatic rings. The highest BCUT2D eigenvalue weighted by atomic mass is 16.5.